The van der Waals surface area contributed by atoms with Gasteiger partial charge in [-0.1, -0.05) is 61.6 Å². The number of nitrogens with two attached hydrogens (primary N) is 1. The van der Waals surface area contributed by atoms with Gasteiger partial charge in [-0.15, -0.1) is 0 Å². The van der Waals surface area contributed by atoms with Gasteiger partial charge in [-0.2, -0.15) is 0 Å². The Morgan fingerprint density at radius 1 is 1.20 bits per heavy atom. The Labute approximate surface area is 152 Å². The Hall–Kier alpha value is -2.68. The Balaban J connectivity index is 3.24. The zero-order chi connectivity index (χ0) is 18.7. The molecule has 0 aliphatic heterocycles. The van der Waals surface area contributed by atoms with Gasteiger partial charge in [0.15, 0.2) is 5.84 Å². The Kier molecular flexibility index (Phi) is 8.94. The third-order valence-corrected chi connectivity index (χ3v) is 3.66. The smallest absolute Gasteiger partial charge is 0.152 e. The molecule has 0 unspecified atom stereocenters. The van der Waals surface area contributed by atoms with Crippen molar-refractivity contribution in [2.24, 2.45) is 15.7 Å². The van der Waals surface area contributed by atoms with E-state index in [4.69, 9.17) is 5.73 Å². The van der Waals surface area contributed by atoms with Crippen molar-refractivity contribution < 1.29 is 0 Å². The van der Waals surface area contributed by atoms with Crippen molar-refractivity contribution in [3.8, 4) is 0 Å². The number of rotatable bonds is 6. The number of allylic oxidation sites excluding steroid dienone is 6. The van der Waals surface area contributed by atoms with Gasteiger partial charge in [0.2, 0.25) is 0 Å². The molecule has 0 aromatic heterocycles. The molecule has 2 N–H and O–H groups in total. The molecule has 1 aromatic rings. The van der Waals surface area contributed by atoms with Gasteiger partial charge in [0.1, 0.15) is 5.84 Å². The molecular formula is C22H29N3. The summed E-state index contributed by atoms with van der Waals surface area (Å²) in [5, 5.41) is 0. The fourth-order valence-electron chi connectivity index (χ4n) is 2.32. The Morgan fingerprint density at radius 2 is 1.96 bits per heavy atom. The van der Waals surface area contributed by atoms with E-state index in [1.165, 1.54) is 5.56 Å². The SMILES string of the molecule is C/C=C\C=C(/C)C(N=C(N)/C=C(\C=C/C)c1cccc(CC)c1)=NC. The summed E-state index contributed by atoms with van der Waals surface area (Å²) < 4.78 is 0. The van der Waals surface area contributed by atoms with E-state index in [0.717, 1.165) is 23.1 Å². The summed E-state index contributed by atoms with van der Waals surface area (Å²) in [7, 11) is 1.72. The maximum atomic E-state index is 6.17. The highest BCUT2D eigenvalue weighted by Crippen LogP contribution is 2.18. The van der Waals surface area contributed by atoms with Crippen molar-refractivity contribution in [1.29, 1.82) is 0 Å². The van der Waals surface area contributed by atoms with Gasteiger partial charge in [-0.25, -0.2) is 4.99 Å². The lowest BCUT2D eigenvalue weighted by Gasteiger charge is -2.06. The molecule has 0 radical (unpaired) electrons. The van der Waals surface area contributed by atoms with Crippen LogP contribution >= 0.6 is 0 Å². The molecule has 1 rings (SSSR count). The van der Waals surface area contributed by atoms with Crippen LogP contribution in [0.1, 0.15) is 38.8 Å². The first-order valence-corrected chi connectivity index (χ1v) is 8.60. The molecule has 25 heavy (non-hydrogen) atoms. The maximum absolute atomic E-state index is 6.17. The van der Waals surface area contributed by atoms with Gasteiger partial charge in [-0.05, 0) is 55.5 Å². The van der Waals surface area contributed by atoms with Gasteiger partial charge in [0.25, 0.3) is 0 Å². The average molecular weight is 335 g/mol. The first kappa shape index (κ1) is 20.4. The molecule has 0 fully saturated rings. The van der Waals surface area contributed by atoms with Gasteiger partial charge in [0.05, 0.1) is 0 Å². The van der Waals surface area contributed by atoms with Crippen LogP contribution in [0.5, 0.6) is 0 Å². The van der Waals surface area contributed by atoms with Crippen molar-refractivity contribution in [3.05, 3.63) is 77.4 Å². The van der Waals surface area contributed by atoms with E-state index < -0.39 is 0 Å². The number of hydrogen-bond acceptors (Lipinski definition) is 1. The van der Waals surface area contributed by atoms with Gasteiger partial charge >= 0.3 is 0 Å². The lowest BCUT2D eigenvalue weighted by Crippen LogP contribution is -2.12. The minimum atomic E-state index is 0.434. The maximum Gasteiger partial charge on any atom is 0.152 e. The number of nitrogens with zero attached hydrogens (tertiary/aromatic N) is 2. The second-order valence-electron chi connectivity index (χ2n) is 5.61. The van der Waals surface area contributed by atoms with Crippen LogP contribution in [0, 0.1) is 0 Å². The summed E-state index contributed by atoms with van der Waals surface area (Å²) in [6.45, 7) is 8.09. The lowest BCUT2D eigenvalue weighted by atomic mass is 10.0. The largest absolute Gasteiger partial charge is 0.384 e. The van der Waals surface area contributed by atoms with Gasteiger partial charge < -0.3 is 5.73 Å². The first-order valence-electron chi connectivity index (χ1n) is 8.60. The second-order valence-corrected chi connectivity index (χ2v) is 5.61. The third-order valence-electron chi connectivity index (χ3n) is 3.66. The van der Waals surface area contributed by atoms with Crippen molar-refractivity contribution in [2.45, 2.75) is 34.1 Å². The highest BCUT2D eigenvalue weighted by atomic mass is 14.9. The van der Waals surface area contributed by atoms with Crippen LogP contribution in [0.4, 0.5) is 0 Å². The minimum Gasteiger partial charge on any atom is -0.384 e. The summed E-state index contributed by atoms with van der Waals surface area (Å²) in [6, 6.07) is 8.47. The molecule has 0 bridgehead atoms. The molecule has 0 aliphatic carbocycles. The summed E-state index contributed by atoms with van der Waals surface area (Å²) in [5.41, 5.74) is 10.6. The summed E-state index contributed by atoms with van der Waals surface area (Å²) >= 11 is 0. The van der Waals surface area contributed by atoms with Gasteiger partial charge in [0, 0.05) is 7.05 Å². The predicted molar refractivity (Wildman–Crippen MR) is 112 cm³/mol. The molecule has 0 heterocycles. The quantitative estimate of drug-likeness (QED) is 0.438. The Morgan fingerprint density at radius 3 is 2.56 bits per heavy atom. The zero-order valence-corrected chi connectivity index (χ0v) is 16.0. The number of hydrogen-bond donors (Lipinski definition) is 1. The molecular weight excluding hydrogens is 306 g/mol. The highest BCUT2D eigenvalue weighted by molar-refractivity contribution is 6.10. The van der Waals surface area contributed by atoms with Crippen LogP contribution in [-0.4, -0.2) is 18.7 Å². The molecule has 3 nitrogen and oxygen atoms in total. The van der Waals surface area contributed by atoms with E-state index in [1.54, 1.807) is 7.05 Å². The van der Waals surface area contributed by atoms with E-state index in [1.807, 2.05) is 57.2 Å². The molecule has 0 aliphatic rings. The van der Waals surface area contributed by atoms with Crippen LogP contribution in [0.15, 0.2) is 76.3 Å². The normalized spacial score (nSPS) is 14.8. The van der Waals surface area contributed by atoms with E-state index >= 15 is 0 Å². The predicted octanol–water partition coefficient (Wildman–Crippen LogP) is 5.12. The summed E-state index contributed by atoms with van der Waals surface area (Å²) in [4.78, 5) is 8.70. The number of aryl methyl sites for hydroxylation is 1. The van der Waals surface area contributed by atoms with Crippen LogP contribution in [0.2, 0.25) is 0 Å². The minimum absolute atomic E-state index is 0.434. The number of aliphatic imine (C=N–C) groups is 2. The van der Waals surface area contributed by atoms with Crippen LogP contribution < -0.4 is 5.73 Å². The monoisotopic (exact) mass is 335 g/mol. The van der Waals surface area contributed by atoms with E-state index in [-0.39, 0.29) is 0 Å². The molecule has 132 valence electrons. The standard InChI is InChI=1S/C22H29N3/c1-6-9-12-17(4)22(24-5)25-21(23)16-19(11-7-2)20-14-10-13-18(8-3)15-20/h6-7,9-16H,8H2,1-5H3,(H2,23,24,25)/b9-6-,11-7-,17-12+,19-16+. The lowest BCUT2D eigenvalue weighted by molar-refractivity contribution is 1.14. The third kappa shape index (κ3) is 6.76. The molecule has 0 amide bonds. The fraction of sp³-hybridized carbons (Fsp3) is 0.273. The van der Waals surface area contributed by atoms with Gasteiger partial charge in [-0.3, -0.25) is 4.99 Å². The second kappa shape index (κ2) is 11.0. The van der Waals surface area contributed by atoms with Crippen molar-refractivity contribution in [1.82, 2.24) is 0 Å². The molecule has 0 atom stereocenters. The molecule has 0 saturated carbocycles. The van der Waals surface area contributed by atoms with Crippen LogP contribution in [0.3, 0.4) is 0 Å². The van der Waals surface area contributed by atoms with E-state index in [0.29, 0.717) is 11.7 Å². The molecule has 0 spiro atoms. The zero-order valence-electron chi connectivity index (χ0n) is 16.0. The van der Waals surface area contributed by atoms with Crippen LogP contribution in [0.25, 0.3) is 5.57 Å². The van der Waals surface area contributed by atoms with E-state index in [9.17, 15) is 0 Å². The Bertz CT molecular complexity index is 744. The van der Waals surface area contributed by atoms with E-state index in [2.05, 4.69) is 41.2 Å². The number of benzene rings is 1. The average Bonchev–Trinajstić information content (AvgIpc) is 2.63. The van der Waals surface area contributed by atoms with Crippen molar-refractivity contribution >= 4 is 17.2 Å². The molecule has 3 heteroatoms. The summed E-state index contributed by atoms with van der Waals surface area (Å²) in [5.74, 6) is 1.07. The highest BCUT2D eigenvalue weighted by Gasteiger charge is 2.03. The topological polar surface area (TPSA) is 50.7 Å². The first-order chi connectivity index (χ1) is 12.0. The van der Waals surface area contributed by atoms with Crippen LogP contribution in [-0.2, 0) is 6.42 Å². The van der Waals surface area contributed by atoms with Crippen molar-refractivity contribution in [3.63, 3.8) is 0 Å². The molecule has 1 aromatic carbocycles. The van der Waals surface area contributed by atoms with Crippen molar-refractivity contribution in [2.75, 3.05) is 7.05 Å². The molecule has 0 saturated heterocycles. The fourth-order valence-corrected chi connectivity index (χ4v) is 2.32. The number of amidine groups is 2. The summed E-state index contributed by atoms with van der Waals surface area (Å²) in [6.07, 6.45) is 12.8.